The van der Waals surface area contributed by atoms with Crippen LogP contribution < -0.4 is 10.6 Å². The number of alkyl halides is 3. The van der Waals surface area contributed by atoms with Gasteiger partial charge in [-0.25, -0.2) is 4.98 Å². The van der Waals surface area contributed by atoms with Gasteiger partial charge in [-0.3, -0.25) is 4.79 Å². The van der Waals surface area contributed by atoms with Crippen LogP contribution in [-0.2, 0) is 16.4 Å². The van der Waals surface area contributed by atoms with Gasteiger partial charge in [0.1, 0.15) is 0 Å². The molecular weight excluding hydrogens is 399 g/mol. The third-order valence-electron chi connectivity index (χ3n) is 4.71. The second-order valence-corrected chi connectivity index (χ2v) is 6.57. The summed E-state index contributed by atoms with van der Waals surface area (Å²) in [7, 11) is 0. The van der Waals surface area contributed by atoms with Crippen molar-refractivity contribution in [2.75, 3.05) is 11.9 Å². The van der Waals surface area contributed by atoms with Gasteiger partial charge in [-0.2, -0.15) is 13.2 Å². The number of nitrogens with one attached hydrogen (secondary N) is 2. The normalized spacial score (nSPS) is 18.7. The first-order chi connectivity index (χ1) is 14.3. The van der Waals surface area contributed by atoms with Crippen LogP contribution in [0.5, 0.6) is 0 Å². The Morgan fingerprint density at radius 3 is 2.60 bits per heavy atom. The van der Waals surface area contributed by atoms with Crippen molar-refractivity contribution in [3.05, 3.63) is 54.0 Å². The van der Waals surface area contributed by atoms with E-state index in [-0.39, 0.29) is 23.4 Å². The number of hydrogen-bond acceptors (Lipinski definition) is 6. The van der Waals surface area contributed by atoms with E-state index in [1.165, 1.54) is 18.3 Å². The highest BCUT2D eigenvalue weighted by molar-refractivity contribution is 5.92. The van der Waals surface area contributed by atoms with Crippen molar-refractivity contribution in [2.24, 2.45) is 0 Å². The number of hydrogen-bond donors (Lipinski definition) is 2. The van der Waals surface area contributed by atoms with E-state index in [9.17, 15) is 18.0 Å². The molecule has 0 bridgehead atoms. The summed E-state index contributed by atoms with van der Waals surface area (Å²) in [6, 6.07) is 7.84. The molecule has 7 nitrogen and oxygen atoms in total. The summed E-state index contributed by atoms with van der Waals surface area (Å²) in [4.78, 5) is 16.4. The molecule has 1 atom stereocenters. The zero-order valence-electron chi connectivity index (χ0n) is 15.3. The maximum absolute atomic E-state index is 12.7. The number of aromatic nitrogens is 3. The molecule has 2 aromatic heterocycles. The molecule has 1 saturated heterocycles. The van der Waals surface area contributed by atoms with E-state index >= 15 is 0 Å². The standard InChI is InChI=1S/C20H14F3N5O2/c1-2-19(9-11-25-17(19)29)18-28-27-16(30-18)15-14(4-3-10-24-15)26-13-7-5-12(6-8-13)20(21,22)23/h1,3-8,10,26H,9,11H2,(H,25,29). The van der Waals surface area contributed by atoms with Crippen LogP contribution in [0.25, 0.3) is 11.6 Å². The van der Waals surface area contributed by atoms with Crippen molar-refractivity contribution in [3.8, 4) is 23.9 Å². The smallest absolute Gasteiger partial charge is 0.416 e. The molecule has 30 heavy (non-hydrogen) atoms. The summed E-state index contributed by atoms with van der Waals surface area (Å²) in [6.07, 6.45) is 2.97. The number of halogens is 3. The number of benzene rings is 1. The molecule has 1 aromatic carbocycles. The third-order valence-corrected chi connectivity index (χ3v) is 4.71. The molecule has 152 valence electrons. The molecule has 0 spiro atoms. The second-order valence-electron chi connectivity index (χ2n) is 6.57. The van der Waals surface area contributed by atoms with Crippen molar-refractivity contribution in [1.82, 2.24) is 20.5 Å². The summed E-state index contributed by atoms with van der Waals surface area (Å²) in [5, 5.41) is 13.5. The number of terminal acetylenes is 1. The quantitative estimate of drug-likeness (QED) is 0.638. The van der Waals surface area contributed by atoms with Gasteiger partial charge in [-0.15, -0.1) is 16.6 Å². The average molecular weight is 413 g/mol. The summed E-state index contributed by atoms with van der Waals surface area (Å²) in [6.45, 7) is 0.394. The van der Waals surface area contributed by atoms with Gasteiger partial charge < -0.3 is 15.1 Å². The molecule has 1 aliphatic rings. The minimum absolute atomic E-state index is 0.0128. The Labute approximate surface area is 168 Å². The molecule has 1 fully saturated rings. The zero-order chi connectivity index (χ0) is 21.4. The minimum Gasteiger partial charge on any atom is -0.417 e. The lowest BCUT2D eigenvalue weighted by molar-refractivity contribution is -0.137. The SMILES string of the molecule is C#CC1(c2nnc(-c3ncccc3Nc3ccc(C(F)(F)F)cc3)o2)CCNC1=O. The highest BCUT2D eigenvalue weighted by Crippen LogP contribution is 2.34. The molecule has 10 heteroatoms. The number of pyridine rings is 1. The number of amides is 1. The largest absolute Gasteiger partial charge is 0.417 e. The predicted octanol–water partition coefficient (Wildman–Crippen LogP) is 3.28. The fraction of sp³-hybridized carbons (Fsp3) is 0.200. The lowest BCUT2D eigenvalue weighted by atomic mass is 9.87. The number of rotatable bonds is 4. The zero-order valence-corrected chi connectivity index (χ0v) is 15.3. The maximum atomic E-state index is 12.7. The Hall–Kier alpha value is -3.87. The summed E-state index contributed by atoms with van der Waals surface area (Å²) >= 11 is 0. The second kappa shape index (κ2) is 7.18. The van der Waals surface area contributed by atoms with E-state index < -0.39 is 17.2 Å². The Morgan fingerprint density at radius 2 is 1.97 bits per heavy atom. The van der Waals surface area contributed by atoms with Crippen LogP contribution >= 0.6 is 0 Å². The summed E-state index contributed by atoms with van der Waals surface area (Å²) < 4.78 is 43.9. The molecule has 0 aliphatic carbocycles. The van der Waals surface area contributed by atoms with E-state index in [0.29, 0.717) is 24.3 Å². The predicted molar refractivity (Wildman–Crippen MR) is 100 cm³/mol. The first-order valence-electron chi connectivity index (χ1n) is 8.83. The number of carbonyl (C=O) groups excluding carboxylic acids is 1. The van der Waals surface area contributed by atoms with Crippen LogP contribution in [0.4, 0.5) is 24.5 Å². The Bertz CT molecular complexity index is 1130. The number of anilines is 2. The van der Waals surface area contributed by atoms with Gasteiger partial charge in [0.15, 0.2) is 11.1 Å². The molecule has 3 heterocycles. The molecule has 1 amide bonds. The molecule has 1 aliphatic heterocycles. The lowest BCUT2D eigenvalue weighted by Crippen LogP contribution is -2.34. The van der Waals surface area contributed by atoms with Crippen LogP contribution in [0, 0.1) is 12.3 Å². The fourth-order valence-electron chi connectivity index (χ4n) is 3.10. The van der Waals surface area contributed by atoms with Gasteiger partial charge in [0.25, 0.3) is 5.89 Å². The molecule has 0 saturated carbocycles. The van der Waals surface area contributed by atoms with Gasteiger partial charge in [-0.1, -0.05) is 5.92 Å². The first kappa shape index (κ1) is 19.4. The van der Waals surface area contributed by atoms with Gasteiger partial charge >= 0.3 is 6.18 Å². The molecule has 4 rings (SSSR count). The van der Waals surface area contributed by atoms with Crippen molar-refractivity contribution < 1.29 is 22.4 Å². The maximum Gasteiger partial charge on any atom is 0.416 e. The Kier molecular flexibility index (Phi) is 4.66. The van der Waals surface area contributed by atoms with Crippen molar-refractivity contribution >= 4 is 17.3 Å². The van der Waals surface area contributed by atoms with Crippen LogP contribution in [0.2, 0.25) is 0 Å². The van der Waals surface area contributed by atoms with Gasteiger partial charge in [-0.05, 0) is 42.8 Å². The van der Waals surface area contributed by atoms with E-state index in [2.05, 4.69) is 31.7 Å². The van der Waals surface area contributed by atoms with E-state index in [0.717, 1.165) is 12.1 Å². The Balaban J connectivity index is 1.64. The van der Waals surface area contributed by atoms with Crippen LogP contribution in [0.1, 0.15) is 17.9 Å². The molecule has 1 unspecified atom stereocenters. The van der Waals surface area contributed by atoms with Gasteiger partial charge in [0, 0.05) is 18.4 Å². The first-order valence-corrected chi connectivity index (χ1v) is 8.83. The fourth-order valence-corrected chi connectivity index (χ4v) is 3.10. The highest BCUT2D eigenvalue weighted by atomic mass is 19.4. The topological polar surface area (TPSA) is 92.9 Å². The van der Waals surface area contributed by atoms with Crippen molar-refractivity contribution in [2.45, 2.75) is 18.0 Å². The molecular formula is C20H14F3N5O2. The molecule has 2 N–H and O–H groups in total. The van der Waals surface area contributed by atoms with Crippen LogP contribution in [0.3, 0.4) is 0 Å². The van der Waals surface area contributed by atoms with Gasteiger partial charge in [0.2, 0.25) is 11.8 Å². The molecule has 0 radical (unpaired) electrons. The van der Waals surface area contributed by atoms with Crippen molar-refractivity contribution in [3.63, 3.8) is 0 Å². The third kappa shape index (κ3) is 3.34. The van der Waals surface area contributed by atoms with E-state index in [1.807, 2.05) is 0 Å². The van der Waals surface area contributed by atoms with E-state index in [1.54, 1.807) is 12.1 Å². The summed E-state index contributed by atoms with van der Waals surface area (Å²) in [5.74, 6) is 2.07. The van der Waals surface area contributed by atoms with Gasteiger partial charge in [0.05, 0.1) is 11.3 Å². The van der Waals surface area contributed by atoms with Crippen molar-refractivity contribution in [1.29, 1.82) is 0 Å². The van der Waals surface area contributed by atoms with Crippen LogP contribution in [0.15, 0.2) is 47.0 Å². The van der Waals surface area contributed by atoms with E-state index in [4.69, 9.17) is 10.8 Å². The number of carbonyl (C=O) groups is 1. The number of nitrogens with zero attached hydrogens (tertiary/aromatic N) is 3. The minimum atomic E-state index is -4.42. The average Bonchev–Trinajstić information content (AvgIpc) is 3.35. The Morgan fingerprint density at radius 1 is 1.20 bits per heavy atom. The van der Waals surface area contributed by atoms with Crippen LogP contribution in [-0.4, -0.2) is 27.6 Å². The monoisotopic (exact) mass is 413 g/mol. The highest BCUT2D eigenvalue weighted by Gasteiger charge is 2.47. The lowest BCUT2D eigenvalue weighted by Gasteiger charge is -2.13. The molecule has 3 aromatic rings. The summed E-state index contributed by atoms with van der Waals surface area (Å²) in [5.41, 5.74) is -0.983.